The molecule has 0 aliphatic carbocycles. The quantitative estimate of drug-likeness (QED) is 0.686. The van der Waals surface area contributed by atoms with E-state index in [0.717, 1.165) is 64.1 Å². The van der Waals surface area contributed by atoms with Crippen molar-refractivity contribution in [2.24, 2.45) is 7.05 Å². The number of benzene rings is 1. The lowest BCUT2D eigenvalue weighted by atomic mass is 10.0. The minimum absolute atomic E-state index is 0.123. The molecule has 0 spiro atoms. The van der Waals surface area contributed by atoms with Crippen molar-refractivity contribution in [1.29, 1.82) is 0 Å². The van der Waals surface area contributed by atoms with Crippen LogP contribution in [0, 0.1) is 0 Å². The molecule has 1 amide bonds. The van der Waals surface area contributed by atoms with Crippen molar-refractivity contribution in [2.75, 3.05) is 19.6 Å². The van der Waals surface area contributed by atoms with Crippen LogP contribution in [0.1, 0.15) is 47.1 Å². The topological polar surface area (TPSA) is 46.3 Å². The van der Waals surface area contributed by atoms with Crippen LogP contribution in [0.15, 0.2) is 30.5 Å². The Morgan fingerprint density at radius 2 is 1.93 bits per heavy atom. The Bertz CT molecular complexity index is 1060. The van der Waals surface area contributed by atoms with Gasteiger partial charge in [-0.3, -0.25) is 14.4 Å². The van der Waals surface area contributed by atoms with Gasteiger partial charge in [-0.15, -0.1) is 0 Å². The standard InChI is InChI=1S/C23H29N5O/c1-3-28-21-10-13-26(15-17-14-25(2)20-9-5-4-8-18(17)20)16-19(21)22(24-28)23(29)27-11-6-7-12-27/h4-5,8-9,14H,3,6-7,10-13,15-16H2,1-2H3. The average molecular weight is 392 g/mol. The maximum absolute atomic E-state index is 13.1. The summed E-state index contributed by atoms with van der Waals surface area (Å²) in [4.78, 5) is 17.6. The minimum Gasteiger partial charge on any atom is -0.350 e. The second-order valence-electron chi connectivity index (χ2n) is 8.33. The van der Waals surface area contributed by atoms with Crippen LogP contribution in [0.5, 0.6) is 0 Å². The molecule has 5 rings (SSSR count). The van der Waals surface area contributed by atoms with Crippen LogP contribution in [0.2, 0.25) is 0 Å². The van der Waals surface area contributed by atoms with E-state index in [0.29, 0.717) is 5.69 Å². The summed E-state index contributed by atoms with van der Waals surface area (Å²) in [6.07, 6.45) is 5.41. The molecule has 2 aliphatic heterocycles. The summed E-state index contributed by atoms with van der Waals surface area (Å²) in [5.74, 6) is 0.123. The van der Waals surface area contributed by atoms with Gasteiger partial charge in [0.25, 0.3) is 5.91 Å². The third-order valence-electron chi connectivity index (χ3n) is 6.48. The fourth-order valence-corrected chi connectivity index (χ4v) is 4.98. The number of nitrogens with zero attached hydrogens (tertiary/aromatic N) is 5. The van der Waals surface area contributed by atoms with Gasteiger partial charge in [-0.05, 0) is 31.4 Å². The van der Waals surface area contributed by atoms with E-state index in [9.17, 15) is 4.79 Å². The molecule has 0 N–H and O–H groups in total. The Morgan fingerprint density at radius 3 is 2.72 bits per heavy atom. The van der Waals surface area contributed by atoms with Crippen molar-refractivity contribution in [3.8, 4) is 0 Å². The van der Waals surface area contributed by atoms with Crippen LogP contribution in [0.25, 0.3) is 10.9 Å². The molecule has 2 aliphatic rings. The first-order valence-corrected chi connectivity index (χ1v) is 10.8. The highest BCUT2D eigenvalue weighted by molar-refractivity contribution is 5.94. The first kappa shape index (κ1) is 18.4. The van der Waals surface area contributed by atoms with Gasteiger partial charge in [-0.1, -0.05) is 18.2 Å². The number of aromatic nitrogens is 3. The van der Waals surface area contributed by atoms with Crippen LogP contribution in [0.4, 0.5) is 0 Å². The Labute approximate surface area is 171 Å². The molecule has 0 unspecified atom stereocenters. The molecule has 1 aromatic carbocycles. The van der Waals surface area contributed by atoms with Gasteiger partial charge in [0.15, 0.2) is 5.69 Å². The molecule has 0 bridgehead atoms. The van der Waals surface area contributed by atoms with Gasteiger partial charge >= 0.3 is 0 Å². The van der Waals surface area contributed by atoms with Crippen molar-refractivity contribution in [3.05, 3.63) is 53.0 Å². The molecular formula is C23H29N5O. The zero-order valence-electron chi connectivity index (χ0n) is 17.4. The number of carbonyl (C=O) groups is 1. The lowest BCUT2D eigenvalue weighted by Crippen LogP contribution is -2.33. The summed E-state index contributed by atoms with van der Waals surface area (Å²) in [7, 11) is 2.11. The van der Waals surface area contributed by atoms with Crippen LogP contribution in [-0.2, 0) is 33.1 Å². The van der Waals surface area contributed by atoms with Gasteiger partial charge < -0.3 is 9.47 Å². The van der Waals surface area contributed by atoms with Crippen molar-refractivity contribution in [1.82, 2.24) is 24.1 Å². The molecule has 4 heterocycles. The van der Waals surface area contributed by atoms with Crippen molar-refractivity contribution < 1.29 is 4.79 Å². The summed E-state index contributed by atoms with van der Waals surface area (Å²) < 4.78 is 4.26. The number of hydrogen-bond acceptors (Lipinski definition) is 3. The van der Waals surface area contributed by atoms with E-state index >= 15 is 0 Å². The number of fused-ring (bicyclic) bond motifs is 2. The average Bonchev–Trinajstić information content (AvgIpc) is 3.46. The SMILES string of the molecule is CCn1nc(C(=O)N2CCCC2)c2c1CCN(Cc1cn(C)c3ccccc13)C2. The number of amides is 1. The van der Waals surface area contributed by atoms with Crippen LogP contribution < -0.4 is 0 Å². The first-order chi connectivity index (χ1) is 14.2. The highest BCUT2D eigenvalue weighted by Crippen LogP contribution is 2.28. The van der Waals surface area contributed by atoms with E-state index in [1.807, 2.05) is 9.58 Å². The van der Waals surface area contributed by atoms with E-state index in [-0.39, 0.29) is 5.91 Å². The second kappa shape index (κ2) is 7.34. The number of likely N-dealkylation sites (tertiary alicyclic amines) is 1. The van der Waals surface area contributed by atoms with E-state index < -0.39 is 0 Å². The predicted molar refractivity (Wildman–Crippen MR) is 114 cm³/mol. The first-order valence-electron chi connectivity index (χ1n) is 10.8. The molecule has 6 heteroatoms. The summed E-state index contributed by atoms with van der Waals surface area (Å²) in [5, 5.41) is 6.06. The van der Waals surface area contributed by atoms with Gasteiger partial charge in [0.05, 0.1) is 0 Å². The summed E-state index contributed by atoms with van der Waals surface area (Å²) in [5.41, 5.74) is 5.71. The van der Waals surface area contributed by atoms with Gasteiger partial charge in [0, 0.05) is 81.1 Å². The van der Waals surface area contributed by atoms with Crippen molar-refractivity contribution in [2.45, 2.75) is 45.8 Å². The Morgan fingerprint density at radius 1 is 1.14 bits per heavy atom. The maximum Gasteiger partial charge on any atom is 0.274 e. The Balaban J connectivity index is 1.43. The summed E-state index contributed by atoms with van der Waals surface area (Å²) in [6, 6.07) is 8.58. The van der Waals surface area contributed by atoms with Crippen LogP contribution >= 0.6 is 0 Å². The molecule has 29 heavy (non-hydrogen) atoms. The fourth-order valence-electron chi connectivity index (χ4n) is 4.98. The fraction of sp³-hybridized carbons (Fsp3) is 0.478. The monoisotopic (exact) mass is 391 g/mol. The molecular weight excluding hydrogens is 362 g/mol. The molecule has 6 nitrogen and oxygen atoms in total. The van der Waals surface area contributed by atoms with E-state index in [2.05, 4.69) is 53.9 Å². The third-order valence-corrected chi connectivity index (χ3v) is 6.48. The molecule has 152 valence electrons. The lowest BCUT2D eigenvalue weighted by Gasteiger charge is -2.27. The Kier molecular flexibility index (Phi) is 4.66. The smallest absolute Gasteiger partial charge is 0.274 e. The summed E-state index contributed by atoms with van der Waals surface area (Å²) >= 11 is 0. The van der Waals surface area contributed by atoms with E-state index in [1.165, 1.54) is 22.2 Å². The normalized spacial score (nSPS) is 17.2. The number of para-hydroxylation sites is 1. The van der Waals surface area contributed by atoms with Gasteiger partial charge in [0.2, 0.25) is 0 Å². The highest BCUT2D eigenvalue weighted by atomic mass is 16.2. The lowest BCUT2D eigenvalue weighted by molar-refractivity contribution is 0.0783. The zero-order chi connectivity index (χ0) is 20.0. The summed E-state index contributed by atoms with van der Waals surface area (Å²) in [6.45, 7) is 7.36. The van der Waals surface area contributed by atoms with Crippen molar-refractivity contribution in [3.63, 3.8) is 0 Å². The van der Waals surface area contributed by atoms with Crippen LogP contribution in [-0.4, -0.2) is 49.7 Å². The predicted octanol–water partition coefficient (Wildman–Crippen LogP) is 3.19. The Hall–Kier alpha value is -2.60. The highest BCUT2D eigenvalue weighted by Gasteiger charge is 2.31. The van der Waals surface area contributed by atoms with Crippen LogP contribution in [0.3, 0.4) is 0 Å². The van der Waals surface area contributed by atoms with E-state index in [4.69, 9.17) is 5.10 Å². The third kappa shape index (κ3) is 3.15. The number of rotatable bonds is 4. The van der Waals surface area contributed by atoms with Gasteiger partial charge in [-0.2, -0.15) is 5.10 Å². The molecule has 1 saturated heterocycles. The molecule has 3 aromatic rings. The van der Waals surface area contributed by atoms with Gasteiger partial charge in [-0.25, -0.2) is 0 Å². The maximum atomic E-state index is 13.1. The molecule has 0 atom stereocenters. The number of carbonyl (C=O) groups excluding carboxylic acids is 1. The second-order valence-corrected chi connectivity index (χ2v) is 8.33. The zero-order valence-corrected chi connectivity index (χ0v) is 17.4. The molecule has 0 saturated carbocycles. The van der Waals surface area contributed by atoms with E-state index in [1.54, 1.807) is 0 Å². The largest absolute Gasteiger partial charge is 0.350 e. The molecule has 0 radical (unpaired) electrons. The minimum atomic E-state index is 0.123. The molecule has 1 fully saturated rings. The molecule has 2 aromatic heterocycles. The van der Waals surface area contributed by atoms with Crippen molar-refractivity contribution >= 4 is 16.8 Å². The number of aryl methyl sites for hydroxylation is 2. The van der Waals surface area contributed by atoms with Gasteiger partial charge in [0.1, 0.15) is 0 Å². The number of hydrogen-bond donors (Lipinski definition) is 0.